The molecule has 1 aliphatic heterocycles. The van der Waals surface area contributed by atoms with Crippen molar-refractivity contribution in [2.24, 2.45) is 0 Å². The van der Waals surface area contributed by atoms with Crippen molar-refractivity contribution in [1.82, 2.24) is 0 Å². The maximum absolute atomic E-state index is 12.2. The summed E-state index contributed by atoms with van der Waals surface area (Å²) in [4.78, 5) is 25.6. The smallest absolute Gasteiger partial charge is 0.330 e. The van der Waals surface area contributed by atoms with E-state index < -0.39 is 12.0 Å². The standard InChI is InChI=1S/C15H16N2O4/c1-3-8-20-15(19)11(4-2)17-13(18)9-21-12-7-5-6-10(16)14(12)17/h1,5-7,11H,4,8-9,16H2,2H3. The molecule has 0 fully saturated rings. The third-order valence-electron chi connectivity index (χ3n) is 3.16. The van der Waals surface area contributed by atoms with Crippen LogP contribution >= 0.6 is 0 Å². The fourth-order valence-electron chi connectivity index (χ4n) is 2.24. The lowest BCUT2D eigenvalue weighted by molar-refractivity contribution is -0.145. The van der Waals surface area contributed by atoms with Gasteiger partial charge in [0, 0.05) is 0 Å². The summed E-state index contributed by atoms with van der Waals surface area (Å²) in [7, 11) is 0. The molecule has 1 unspecified atom stereocenters. The average molecular weight is 288 g/mol. The van der Waals surface area contributed by atoms with Gasteiger partial charge in [-0.15, -0.1) is 6.42 Å². The Labute approximate surface area is 122 Å². The Bertz CT molecular complexity index is 606. The van der Waals surface area contributed by atoms with Crippen molar-refractivity contribution in [3.8, 4) is 18.1 Å². The molecule has 1 atom stereocenters. The zero-order valence-corrected chi connectivity index (χ0v) is 11.7. The highest BCUT2D eigenvalue weighted by molar-refractivity contribution is 6.05. The maximum atomic E-state index is 12.2. The van der Waals surface area contributed by atoms with Gasteiger partial charge < -0.3 is 15.2 Å². The SMILES string of the molecule is C#CCOC(=O)C(CC)N1C(=O)COc2cccc(N)c21. The first-order chi connectivity index (χ1) is 10.1. The van der Waals surface area contributed by atoms with E-state index in [1.54, 1.807) is 25.1 Å². The number of carbonyl (C=O) groups excluding carboxylic acids is 2. The molecule has 1 heterocycles. The van der Waals surface area contributed by atoms with Crippen LogP contribution in [-0.2, 0) is 14.3 Å². The summed E-state index contributed by atoms with van der Waals surface area (Å²) in [6, 6.07) is 4.29. The van der Waals surface area contributed by atoms with Crippen LogP contribution in [0.25, 0.3) is 0 Å². The minimum absolute atomic E-state index is 0.134. The second kappa shape index (κ2) is 6.18. The zero-order chi connectivity index (χ0) is 15.4. The van der Waals surface area contributed by atoms with Crippen molar-refractivity contribution in [2.45, 2.75) is 19.4 Å². The van der Waals surface area contributed by atoms with Crippen LogP contribution in [-0.4, -0.2) is 31.1 Å². The average Bonchev–Trinajstić information content (AvgIpc) is 2.48. The first-order valence-electron chi connectivity index (χ1n) is 6.53. The number of hydrogen-bond acceptors (Lipinski definition) is 5. The Balaban J connectivity index is 2.40. The lowest BCUT2D eigenvalue weighted by Gasteiger charge is -2.34. The molecular weight excluding hydrogens is 272 g/mol. The van der Waals surface area contributed by atoms with E-state index >= 15 is 0 Å². The van der Waals surface area contributed by atoms with Crippen molar-refractivity contribution in [1.29, 1.82) is 0 Å². The fraction of sp³-hybridized carbons (Fsp3) is 0.333. The largest absolute Gasteiger partial charge is 0.481 e. The Morgan fingerprint density at radius 1 is 1.62 bits per heavy atom. The molecule has 0 saturated carbocycles. The quantitative estimate of drug-likeness (QED) is 0.507. The van der Waals surface area contributed by atoms with E-state index in [4.69, 9.17) is 21.6 Å². The van der Waals surface area contributed by atoms with Crippen LogP contribution in [0, 0.1) is 12.3 Å². The Hall–Kier alpha value is -2.68. The van der Waals surface area contributed by atoms with Crippen LogP contribution in [0.15, 0.2) is 18.2 Å². The summed E-state index contributed by atoms with van der Waals surface area (Å²) in [5, 5.41) is 0. The summed E-state index contributed by atoms with van der Waals surface area (Å²) >= 11 is 0. The van der Waals surface area contributed by atoms with Gasteiger partial charge in [-0.2, -0.15) is 0 Å². The maximum Gasteiger partial charge on any atom is 0.330 e. The summed E-state index contributed by atoms with van der Waals surface area (Å²) in [5.74, 6) is 1.80. The van der Waals surface area contributed by atoms with Gasteiger partial charge in [-0.05, 0) is 18.6 Å². The Morgan fingerprint density at radius 3 is 3.05 bits per heavy atom. The highest BCUT2D eigenvalue weighted by atomic mass is 16.5. The van der Waals surface area contributed by atoms with E-state index in [9.17, 15) is 9.59 Å². The number of para-hydroxylation sites is 1. The van der Waals surface area contributed by atoms with Crippen molar-refractivity contribution in [2.75, 3.05) is 23.8 Å². The van der Waals surface area contributed by atoms with E-state index in [-0.39, 0.29) is 19.1 Å². The topological polar surface area (TPSA) is 81.9 Å². The third kappa shape index (κ3) is 2.77. The number of benzene rings is 1. The van der Waals surface area contributed by atoms with Crippen LogP contribution in [0.1, 0.15) is 13.3 Å². The van der Waals surface area contributed by atoms with Crippen LogP contribution in [0.3, 0.4) is 0 Å². The molecule has 110 valence electrons. The molecule has 6 nitrogen and oxygen atoms in total. The van der Waals surface area contributed by atoms with E-state index in [2.05, 4.69) is 5.92 Å². The van der Waals surface area contributed by atoms with E-state index in [1.807, 2.05) is 0 Å². The summed E-state index contributed by atoms with van der Waals surface area (Å²) < 4.78 is 10.3. The lowest BCUT2D eigenvalue weighted by atomic mass is 10.1. The number of nitrogen functional groups attached to an aromatic ring is 1. The van der Waals surface area contributed by atoms with Crippen LogP contribution in [0.4, 0.5) is 11.4 Å². The van der Waals surface area contributed by atoms with Gasteiger partial charge in [0.15, 0.2) is 13.2 Å². The fourth-order valence-corrected chi connectivity index (χ4v) is 2.24. The molecule has 0 aliphatic carbocycles. The lowest BCUT2D eigenvalue weighted by Crippen LogP contribution is -2.50. The first-order valence-corrected chi connectivity index (χ1v) is 6.53. The van der Waals surface area contributed by atoms with Crippen molar-refractivity contribution < 1.29 is 19.1 Å². The molecule has 2 N–H and O–H groups in total. The van der Waals surface area contributed by atoms with Crippen molar-refractivity contribution in [3.05, 3.63) is 18.2 Å². The number of hydrogen-bond donors (Lipinski definition) is 1. The minimum atomic E-state index is -0.779. The molecule has 0 spiro atoms. The van der Waals surface area contributed by atoms with E-state index in [0.29, 0.717) is 23.5 Å². The van der Waals surface area contributed by atoms with Crippen LogP contribution in [0.5, 0.6) is 5.75 Å². The Morgan fingerprint density at radius 2 is 2.38 bits per heavy atom. The van der Waals surface area contributed by atoms with Gasteiger partial charge in [0.25, 0.3) is 5.91 Å². The number of ether oxygens (including phenoxy) is 2. The van der Waals surface area contributed by atoms with E-state index in [0.717, 1.165) is 0 Å². The molecule has 2 rings (SSSR count). The predicted molar refractivity (Wildman–Crippen MR) is 77.7 cm³/mol. The molecule has 0 saturated heterocycles. The van der Waals surface area contributed by atoms with Crippen molar-refractivity contribution >= 4 is 23.3 Å². The Kier molecular flexibility index (Phi) is 4.33. The number of carbonyl (C=O) groups is 2. The van der Waals surface area contributed by atoms with Crippen molar-refractivity contribution in [3.63, 3.8) is 0 Å². The summed E-state index contributed by atoms with van der Waals surface area (Å²) in [6.45, 7) is 1.50. The molecule has 1 aliphatic rings. The normalized spacial score (nSPS) is 14.7. The molecule has 1 aromatic rings. The first kappa shape index (κ1) is 14.7. The highest BCUT2D eigenvalue weighted by Crippen LogP contribution is 2.38. The molecule has 0 aromatic heterocycles. The molecule has 21 heavy (non-hydrogen) atoms. The molecule has 6 heteroatoms. The molecule has 1 aromatic carbocycles. The van der Waals surface area contributed by atoms with Gasteiger partial charge in [-0.3, -0.25) is 9.69 Å². The zero-order valence-electron chi connectivity index (χ0n) is 11.7. The second-order valence-electron chi connectivity index (χ2n) is 4.48. The number of esters is 1. The number of terminal acetylenes is 1. The number of nitrogens with two attached hydrogens (primary N) is 1. The predicted octanol–water partition coefficient (Wildman–Crippen LogP) is 0.949. The molecular formula is C15H16N2O4. The molecule has 0 radical (unpaired) electrons. The highest BCUT2D eigenvalue weighted by Gasteiger charge is 2.36. The number of fused-ring (bicyclic) bond motifs is 1. The monoisotopic (exact) mass is 288 g/mol. The van der Waals surface area contributed by atoms with Crippen LogP contribution < -0.4 is 15.4 Å². The van der Waals surface area contributed by atoms with Gasteiger partial charge in [0.1, 0.15) is 17.5 Å². The number of nitrogens with zero attached hydrogens (tertiary/aromatic N) is 1. The van der Waals surface area contributed by atoms with Gasteiger partial charge in [0.05, 0.1) is 5.69 Å². The number of anilines is 2. The summed E-state index contributed by atoms with van der Waals surface area (Å²) in [5.41, 5.74) is 6.69. The van der Waals surface area contributed by atoms with Crippen LogP contribution in [0.2, 0.25) is 0 Å². The van der Waals surface area contributed by atoms with Gasteiger partial charge >= 0.3 is 5.97 Å². The second-order valence-corrected chi connectivity index (χ2v) is 4.48. The summed E-state index contributed by atoms with van der Waals surface area (Å²) in [6.07, 6.45) is 5.45. The minimum Gasteiger partial charge on any atom is -0.481 e. The van der Waals surface area contributed by atoms with Gasteiger partial charge in [-0.1, -0.05) is 18.9 Å². The number of rotatable bonds is 4. The molecule has 1 amide bonds. The van der Waals surface area contributed by atoms with E-state index in [1.165, 1.54) is 4.90 Å². The van der Waals surface area contributed by atoms with Gasteiger partial charge in [-0.25, -0.2) is 4.79 Å². The van der Waals surface area contributed by atoms with Gasteiger partial charge in [0.2, 0.25) is 0 Å². The third-order valence-corrected chi connectivity index (χ3v) is 3.16. The number of amides is 1. The molecule has 0 bridgehead atoms.